The number of nitrogens with zero attached hydrogens (tertiary/aromatic N) is 4. The number of aryl methyl sites for hydroxylation is 1. The molecular weight excluding hydrogens is 430 g/mol. The Morgan fingerprint density at radius 3 is 2.56 bits per heavy atom. The van der Waals surface area contributed by atoms with Crippen LogP contribution in [0.25, 0.3) is 11.2 Å². The number of amides is 1. The van der Waals surface area contributed by atoms with Crippen LogP contribution in [0.15, 0.2) is 46.2 Å². The van der Waals surface area contributed by atoms with E-state index in [9.17, 15) is 14.4 Å². The third-order valence-corrected chi connectivity index (χ3v) is 6.87. The molecule has 1 aromatic carbocycles. The second-order valence-corrected chi connectivity index (χ2v) is 9.97. The smallest absolute Gasteiger partial charge is 0.333 e. The number of fused-ring (bicyclic) bond motifs is 1. The number of imidazole rings is 1. The first-order valence-corrected chi connectivity index (χ1v) is 12.4. The molecule has 4 rings (SSSR count). The fraction of sp³-hybridized carbons (Fsp3) is 0.538. The first-order valence-electron chi connectivity index (χ1n) is 12.4. The van der Waals surface area contributed by atoms with Gasteiger partial charge in [-0.3, -0.25) is 14.2 Å². The van der Waals surface area contributed by atoms with E-state index in [1.54, 1.807) is 6.33 Å². The summed E-state index contributed by atoms with van der Waals surface area (Å²) in [5.41, 5.74) is 0.684. The molecule has 1 aliphatic carbocycles. The molecule has 2 aromatic heterocycles. The molecule has 2 heterocycles. The van der Waals surface area contributed by atoms with Gasteiger partial charge in [0.15, 0.2) is 11.2 Å². The lowest BCUT2D eigenvalue weighted by Gasteiger charge is -2.29. The summed E-state index contributed by atoms with van der Waals surface area (Å²) in [5.74, 6) is 0.555. The molecule has 8 nitrogen and oxygen atoms in total. The highest BCUT2D eigenvalue weighted by Gasteiger charge is 2.25. The van der Waals surface area contributed by atoms with Crippen molar-refractivity contribution in [1.29, 1.82) is 0 Å². The molecule has 1 N–H and O–H groups in total. The molecule has 0 saturated heterocycles. The quantitative estimate of drug-likeness (QED) is 0.553. The van der Waals surface area contributed by atoms with E-state index in [1.165, 1.54) is 11.0 Å². The van der Waals surface area contributed by atoms with Gasteiger partial charge in [-0.2, -0.15) is 0 Å². The number of hydrogen-bond acceptors (Lipinski definition) is 4. The van der Waals surface area contributed by atoms with Crippen LogP contribution in [0.2, 0.25) is 0 Å². The SMILES string of the molecule is CC(C)CCn1cnc2c1c(=O)n(CC(=O)N[C@@H]1CCCC[C@@H]1C)c(=O)n2Cc1ccccc1. The second-order valence-electron chi connectivity index (χ2n) is 9.97. The van der Waals surface area contributed by atoms with Crippen LogP contribution in [0.3, 0.4) is 0 Å². The number of nitrogens with one attached hydrogen (secondary N) is 1. The number of carbonyl (C=O) groups is 1. The van der Waals surface area contributed by atoms with Crippen molar-refractivity contribution in [3.05, 3.63) is 63.1 Å². The van der Waals surface area contributed by atoms with Crippen molar-refractivity contribution in [2.24, 2.45) is 11.8 Å². The van der Waals surface area contributed by atoms with Crippen molar-refractivity contribution in [2.75, 3.05) is 0 Å². The molecule has 1 aliphatic rings. The van der Waals surface area contributed by atoms with E-state index in [2.05, 4.69) is 31.1 Å². The van der Waals surface area contributed by atoms with Gasteiger partial charge in [0.25, 0.3) is 5.56 Å². The van der Waals surface area contributed by atoms with E-state index in [1.807, 2.05) is 34.9 Å². The fourth-order valence-corrected chi connectivity index (χ4v) is 4.78. The Labute approximate surface area is 199 Å². The number of aromatic nitrogens is 4. The highest BCUT2D eigenvalue weighted by molar-refractivity contribution is 5.77. The summed E-state index contributed by atoms with van der Waals surface area (Å²) in [6, 6.07) is 9.69. The van der Waals surface area contributed by atoms with Gasteiger partial charge in [0.05, 0.1) is 12.9 Å². The molecule has 1 fully saturated rings. The molecule has 34 heavy (non-hydrogen) atoms. The molecule has 8 heteroatoms. The molecule has 1 saturated carbocycles. The molecule has 2 atom stereocenters. The van der Waals surface area contributed by atoms with Crippen LogP contribution in [0.5, 0.6) is 0 Å². The normalized spacial score (nSPS) is 18.5. The minimum absolute atomic E-state index is 0.0868. The molecular formula is C26H35N5O3. The zero-order valence-corrected chi connectivity index (χ0v) is 20.4. The van der Waals surface area contributed by atoms with Gasteiger partial charge in [-0.15, -0.1) is 0 Å². The van der Waals surface area contributed by atoms with Crippen molar-refractivity contribution in [3.8, 4) is 0 Å². The van der Waals surface area contributed by atoms with Crippen molar-refractivity contribution in [1.82, 2.24) is 24.0 Å². The zero-order valence-electron chi connectivity index (χ0n) is 20.4. The van der Waals surface area contributed by atoms with Crippen molar-refractivity contribution >= 4 is 17.1 Å². The van der Waals surface area contributed by atoms with Gasteiger partial charge in [0, 0.05) is 12.6 Å². The maximum atomic E-state index is 13.5. The lowest BCUT2D eigenvalue weighted by atomic mass is 9.86. The minimum atomic E-state index is -0.512. The van der Waals surface area contributed by atoms with E-state index in [0.29, 0.717) is 29.5 Å². The second kappa shape index (κ2) is 10.4. The summed E-state index contributed by atoms with van der Waals surface area (Å²) in [7, 11) is 0. The first-order chi connectivity index (χ1) is 16.3. The van der Waals surface area contributed by atoms with Crippen LogP contribution in [-0.4, -0.2) is 30.6 Å². The van der Waals surface area contributed by atoms with Gasteiger partial charge in [0.1, 0.15) is 6.54 Å². The number of hydrogen-bond donors (Lipinski definition) is 1. The summed E-state index contributed by atoms with van der Waals surface area (Å²) in [6.45, 7) is 7.00. The predicted octanol–water partition coefficient (Wildman–Crippen LogP) is 3.15. The standard InChI is InChI=1S/C26H35N5O3/c1-18(2)13-14-29-17-27-24-23(29)25(33)31(16-22(32)28-21-12-8-7-9-19(21)3)26(34)30(24)15-20-10-5-4-6-11-20/h4-6,10-11,17-19,21H,7-9,12-16H2,1-3H3,(H,28,32)/t19-,21+/m0/s1. The van der Waals surface area contributed by atoms with Crippen LogP contribution in [0.4, 0.5) is 0 Å². The largest absolute Gasteiger partial charge is 0.352 e. The Morgan fingerprint density at radius 2 is 1.85 bits per heavy atom. The van der Waals surface area contributed by atoms with Crippen molar-refractivity contribution in [3.63, 3.8) is 0 Å². The molecule has 3 aromatic rings. The van der Waals surface area contributed by atoms with Gasteiger partial charge < -0.3 is 9.88 Å². The number of benzene rings is 1. The molecule has 0 aliphatic heterocycles. The van der Waals surface area contributed by atoms with E-state index < -0.39 is 11.2 Å². The zero-order chi connectivity index (χ0) is 24.2. The first kappa shape index (κ1) is 24.0. The average Bonchev–Trinajstić information content (AvgIpc) is 3.24. The van der Waals surface area contributed by atoms with E-state index in [-0.39, 0.29) is 25.0 Å². The monoisotopic (exact) mass is 465 g/mol. The Hall–Kier alpha value is -3.16. The van der Waals surface area contributed by atoms with Gasteiger partial charge in [-0.1, -0.05) is 63.9 Å². The summed E-state index contributed by atoms with van der Waals surface area (Å²) in [4.78, 5) is 44.3. The predicted molar refractivity (Wildman–Crippen MR) is 133 cm³/mol. The third-order valence-electron chi connectivity index (χ3n) is 6.87. The maximum Gasteiger partial charge on any atom is 0.333 e. The molecule has 0 bridgehead atoms. The van der Waals surface area contributed by atoms with E-state index >= 15 is 0 Å². The molecule has 0 unspecified atom stereocenters. The number of carbonyl (C=O) groups excluding carboxylic acids is 1. The van der Waals surface area contributed by atoms with Gasteiger partial charge >= 0.3 is 5.69 Å². The molecule has 0 spiro atoms. The summed E-state index contributed by atoms with van der Waals surface area (Å²) < 4.78 is 4.40. The third kappa shape index (κ3) is 5.16. The van der Waals surface area contributed by atoms with Gasteiger partial charge in [-0.25, -0.2) is 14.3 Å². The lowest BCUT2D eigenvalue weighted by molar-refractivity contribution is -0.123. The molecule has 1 amide bonds. The van der Waals surface area contributed by atoms with Crippen LogP contribution in [0, 0.1) is 11.8 Å². The lowest BCUT2D eigenvalue weighted by Crippen LogP contribution is -2.47. The number of rotatable bonds is 8. The van der Waals surface area contributed by atoms with Gasteiger partial charge in [0.2, 0.25) is 5.91 Å². The van der Waals surface area contributed by atoms with Crippen molar-refractivity contribution < 1.29 is 4.79 Å². The van der Waals surface area contributed by atoms with E-state index in [4.69, 9.17) is 0 Å². The van der Waals surface area contributed by atoms with Crippen LogP contribution < -0.4 is 16.6 Å². The van der Waals surface area contributed by atoms with Gasteiger partial charge in [-0.05, 0) is 36.7 Å². The van der Waals surface area contributed by atoms with E-state index in [0.717, 1.165) is 35.8 Å². The maximum absolute atomic E-state index is 13.5. The summed E-state index contributed by atoms with van der Waals surface area (Å²) >= 11 is 0. The Bertz CT molecular complexity index is 1260. The fourth-order valence-electron chi connectivity index (χ4n) is 4.78. The molecule has 0 radical (unpaired) electrons. The minimum Gasteiger partial charge on any atom is -0.352 e. The highest BCUT2D eigenvalue weighted by Crippen LogP contribution is 2.23. The van der Waals surface area contributed by atoms with Crippen LogP contribution in [0.1, 0.15) is 58.4 Å². The average molecular weight is 466 g/mol. The Balaban J connectivity index is 1.73. The van der Waals surface area contributed by atoms with Crippen molar-refractivity contribution in [2.45, 2.75) is 78.6 Å². The van der Waals surface area contributed by atoms with Crippen LogP contribution in [-0.2, 0) is 24.4 Å². The topological polar surface area (TPSA) is 90.9 Å². The Morgan fingerprint density at radius 1 is 1.12 bits per heavy atom. The molecule has 182 valence electrons. The highest BCUT2D eigenvalue weighted by atomic mass is 16.2. The van der Waals surface area contributed by atoms with Crippen LogP contribution >= 0.6 is 0 Å². The summed E-state index contributed by atoms with van der Waals surface area (Å²) in [6.07, 6.45) is 6.78. The Kier molecular flexibility index (Phi) is 7.34. The summed E-state index contributed by atoms with van der Waals surface area (Å²) in [5, 5.41) is 3.07.